The number of nitrogens with zero attached hydrogens (tertiary/aromatic N) is 1. The quantitative estimate of drug-likeness (QED) is 0.574. The molecule has 5 heteroatoms. The van der Waals surface area contributed by atoms with Crippen LogP contribution >= 0.6 is 23.4 Å². The first-order valence-corrected chi connectivity index (χ1v) is 9.34. The van der Waals surface area contributed by atoms with Gasteiger partial charge < -0.3 is 5.11 Å². The third-order valence-electron chi connectivity index (χ3n) is 3.94. The van der Waals surface area contributed by atoms with E-state index < -0.39 is 0 Å². The van der Waals surface area contributed by atoms with Crippen molar-refractivity contribution in [2.24, 2.45) is 4.99 Å². The minimum Gasteiger partial charge on any atom is -0.506 e. The van der Waals surface area contributed by atoms with Crippen LogP contribution in [0.2, 0.25) is 5.02 Å². The minimum atomic E-state index is -0.0905. The summed E-state index contributed by atoms with van der Waals surface area (Å²) in [5.74, 6) is -0.0906. The molecule has 0 spiro atoms. The number of carbonyl (C=O) groups excluding carboxylic acids is 1. The summed E-state index contributed by atoms with van der Waals surface area (Å²) in [5, 5.41) is 11.9. The summed E-state index contributed by atoms with van der Waals surface area (Å²) in [6, 6.07) is 16.6. The molecule has 1 heterocycles. The molecule has 128 valence electrons. The van der Waals surface area contributed by atoms with Gasteiger partial charge in [0.05, 0.1) is 5.57 Å². The van der Waals surface area contributed by atoms with Gasteiger partial charge in [0.2, 0.25) is 0 Å². The summed E-state index contributed by atoms with van der Waals surface area (Å²) in [7, 11) is 0. The van der Waals surface area contributed by atoms with Gasteiger partial charge >= 0.3 is 0 Å². The number of ketones is 1. The number of thioether (sulfide) groups is 1. The Bertz CT molecular complexity index is 829. The van der Waals surface area contributed by atoms with E-state index in [9.17, 15) is 9.90 Å². The minimum absolute atomic E-state index is 0.000133. The van der Waals surface area contributed by atoms with Crippen LogP contribution in [0.4, 0.5) is 0 Å². The molecule has 0 unspecified atom stereocenters. The Balaban J connectivity index is 1.98. The zero-order chi connectivity index (χ0) is 17.8. The lowest BCUT2D eigenvalue weighted by Gasteiger charge is -2.25. The van der Waals surface area contributed by atoms with Crippen molar-refractivity contribution in [3.63, 3.8) is 0 Å². The molecular formula is C20H18ClNO2S. The number of Topliss-reactive ketones (excluding diaryl/α,β-unsaturated/α-hetero) is 1. The normalized spacial score (nSPS) is 21.4. The molecule has 1 aliphatic rings. The van der Waals surface area contributed by atoms with Crippen LogP contribution in [0.1, 0.15) is 29.7 Å². The van der Waals surface area contributed by atoms with Gasteiger partial charge in [-0.25, -0.2) is 0 Å². The fourth-order valence-electron chi connectivity index (χ4n) is 2.72. The van der Waals surface area contributed by atoms with E-state index in [0.29, 0.717) is 34.2 Å². The Hall–Kier alpha value is -2.04. The number of aliphatic hydroxyl groups excluding tert-OH is 1. The molecule has 0 radical (unpaired) electrons. The smallest absolute Gasteiger partial charge is 0.170 e. The summed E-state index contributed by atoms with van der Waals surface area (Å²) in [5.41, 5.74) is 1.98. The second kappa shape index (κ2) is 7.89. The number of halogens is 1. The van der Waals surface area contributed by atoms with E-state index in [-0.39, 0.29) is 16.8 Å². The molecular weight excluding hydrogens is 354 g/mol. The van der Waals surface area contributed by atoms with Crippen molar-refractivity contribution >= 4 is 39.9 Å². The van der Waals surface area contributed by atoms with E-state index >= 15 is 0 Å². The molecule has 25 heavy (non-hydrogen) atoms. The summed E-state index contributed by atoms with van der Waals surface area (Å²) < 4.78 is 0. The van der Waals surface area contributed by atoms with E-state index in [1.165, 1.54) is 11.8 Å². The Morgan fingerprint density at radius 3 is 2.52 bits per heavy atom. The highest BCUT2D eigenvalue weighted by atomic mass is 35.5. The van der Waals surface area contributed by atoms with Crippen molar-refractivity contribution < 1.29 is 9.90 Å². The Kier molecular flexibility index (Phi) is 5.61. The van der Waals surface area contributed by atoms with E-state index in [4.69, 9.17) is 11.6 Å². The maximum absolute atomic E-state index is 12.8. The zero-order valence-corrected chi connectivity index (χ0v) is 15.3. The van der Waals surface area contributed by atoms with Gasteiger partial charge in [-0.2, -0.15) is 0 Å². The van der Waals surface area contributed by atoms with Gasteiger partial charge in [0.1, 0.15) is 10.8 Å². The standard InChI is InChI=1S/C20H18ClNO2S/c1-2-22-20-18(19(24)14-6-4-3-5-7-14)16(23)12-17(25-20)13-8-10-15(21)11-9-13/h3-11,17,24H,2,12H2,1H3/t17-/m0/s1. The molecule has 3 rings (SSSR count). The number of rotatable bonds is 3. The van der Waals surface area contributed by atoms with Crippen LogP contribution in [0, 0.1) is 0 Å². The van der Waals surface area contributed by atoms with E-state index in [1.807, 2.05) is 49.4 Å². The number of aliphatic hydroxyl groups is 1. The van der Waals surface area contributed by atoms with Crippen molar-refractivity contribution in [2.75, 3.05) is 6.54 Å². The molecule has 0 saturated carbocycles. The van der Waals surface area contributed by atoms with Crippen molar-refractivity contribution in [3.05, 3.63) is 76.3 Å². The highest BCUT2D eigenvalue weighted by Crippen LogP contribution is 2.42. The molecule has 3 nitrogen and oxygen atoms in total. The molecule has 0 amide bonds. The molecule has 1 fully saturated rings. The molecule has 2 aromatic carbocycles. The fraction of sp³-hybridized carbons (Fsp3) is 0.200. The van der Waals surface area contributed by atoms with Gasteiger partial charge in [-0.05, 0) is 24.6 Å². The summed E-state index contributed by atoms with van der Waals surface area (Å²) in [6.07, 6.45) is 0.321. The largest absolute Gasteiger partial charge is 0.506 e. The Labute approximate surface area is 156 Å². The van der Waals surface area contributed by atoms with Crippen LogP contribution in [-0.4, -0.2) is 22.5 Å². The SMILES string of the molecule is CCN=C1S[C@H](c2ccc(Cl)cc2)CC(=O)C1=C(O)c1ccccc1. The molecule has 1 N–H and O–H groups in total. The fourth-order valence-corrected chi connectivity index (χ4v) is 4.18. The molecule has 2 aromatic rings. The lowest BCUT2D eigenvalue weighted by Crippen LogP contribution is -2.22. The molecule has 0 aliphatic carbocycles. The summed E-state index contributed by atoms with van der Waals surface area (Å²) in [4.78, 5) is 17.3. The van der Waals surface area contributed by atoms with Crippen molar-refractivity contribution in [2.45, 2.75) is 18.6 Å². The van der Waals surface area contributed by atoms with E-state index in [2.05, 4.69) is 4.99 Å². The monoisotopic (exact) mass is 371 g/mol. The maximum Gasteiger partial charge on any atom is 0.170 e. The predicted molar refractivity (Wildman–Crippen MR) is 105 cm³/mol. The third kappa shape index (κ3) is 3.97. The third-order valence-corrected chi connectivity index (χ3v) is 5.48. The van der Waals surface area contributed by atoms with Gasteiger partial charge in [0, 0.05) is 28.8 Å². The van der Waals surface area contributed by atoms with Crippen LogP contribution in [0.5, 0.6) is 0 Å². The van der Waals surface area contributed by atoms with Gasteiger partial charge in [-0.15, -0.1) is 0 Å². The molecule has 1 aliphatic heterocycles. The van der Waals surface area contributed by atoms with Gasteiger partial charge in [0.25, 0.3) is 0 Å². The van der Waals surface area contributed by atoms with Crippen LogP contribution in [0.3, 0.4) is 0 Å². The molecule has 0 aromatic heterocycles. The number of carbonyl (C=O) groups is 1. The first kappa shape index (κ1) is 17.8. The first-order chi connectivity index (χ1) is 12.1. The highest BCUT2D eigenvalue weighted by Gasteiger charge is 2.33. The van der Waals surface area contributed by atoms with Gasteiger partial charge in [0.15, 0.2) is 5.78 Å². The van der Waals surface area contributed by atoms with Crippen molar-refractivity contribution in [1.82, 2.24) is 0 Å². The molecule has 1 atom stereocenters. The van der Waals surface area contributed by atoms with Crippen molar-refractivity contribution in [3.8, 4) is 0 Å². The Morgan fingerprint density at radius 2 is 1.88 bits per heavy atom. The predicted octanol–water partition coefficient (Wildman–Crippen LogP) is 5.47. The average molecular weight is 372 g/mol. The second-order valence-electron chi connectivity index (χ2n) is 5.65. The number of aliphatic imine (C=N–C) groups is 1. The van der Waals surface area contributed by atoms with Crippen LogP contribution in [0.15, 0.2) is 65.2 Å². The van der Waals surface area contributed by atoms with Gasteiger partial charge in [-0.3, -0.25) is 9.79 Å². The van der Waals surface area contributed by atoms with Crippen LogP contribution in [0.25, 0.3) is 5.76 Å². The van der Waals surface area contributed by atoms with Gasteiger partial charge in [-0.1, -0.05) is 65.8 Å². The van der Waals surface area contributed by atoms with Crippen LogP contribution < -0.4 is 0 Å². The zero-order valence-electron chi connectivity index (χ0n) is 13.8. The lowest BCUT2D eigenvalue weighted by molar-refractivity contribution is -0.115. The van der Waals surface area contributed by atoms with E-state index in [0.717, 1.165) is 5.56 Å². The lowest BCUT2D eigenvalue weighted by atomic mass is 9.99. The van der Waals surface area contributed by atoms with Crippen LogP contribution in [-0.2, 0) is 4.79 Å². The Morgan fingerprint density at radius 1 is 1.20 bits per heavy atom. The summed E-state index contributed by atoms with van der Waals surface area (Å²) in [6.45, 7) is 2.47. The first-order valence-electron chi connectivity index (χ1n) is 8.09. The maximum atomic E-state index is 12.8. The van der Waals surface area contributed by atoms with Crippen molar-refractivity contribution in [1.29, 1.82) is 0 Å². The topological polar surface area (TPSA) is 49.7 Å². The summed E-state index contributed by atoms with van der Waals surface area (Å²) >= 11 is 7.47. The van der Waals surface area contributed by atoms with E-state index in [1.54, 1.807) is 12.1 Å². The second-order valence-corrected chi connectivity index (χ2v) is 7.28. The highest BCUT2D eigenvalue weighted by molar-refractivity contribution is 8.14. The number of benzene rings is 2. The number of hydrogen-bond acceptors (Lipinski definition) is 4. The molecule has 0 bridgehead atoms. The average Bonchev–Trinajstić information content (AvgIpc) is 2.62. The molecule has 1 saturated heterocycles. The number of hydrogen-bond donors (Lipinski definition) is 1.